The number of hydrogen-bond acceptors (Lipinski definition) is 5. The molecule has 0 spiro atoms. The van der Waals surface area contributed by atoms with Gasteiger partial charge in [-0.2, -0.15) is 0 Å². The number of methoxy groups -OCH3 is 1. The van der Waals surface area contributed by atoms with Crippen molar-refractivity contribution in [3.8, 4) is 17.2 Å². The van der Waals surface area contributed by atoms with Gasteiger partial charge in [-0.1, -0.05) is 5.16 Å². The zero-order valence-electron chi connectivity index (χ0n) is 10.9. The zero-order valence-corrected chi connectivity index (χ0v) is 14.1. The highest BCUT2D eigenvalue weighted by Crippen LogP contribution is 2.38. The lowest BCUT2D eigenvalue weighted by Crippen LogP contribution is -2.16. The molecule has 2 aromatic rings. The summed E-state index contributed by atoms with van der Waals surface area (Å²) in [5.74, 6) is 1.43. The molecule has 0 amide bonds. The second kappa shape index (κ2) is 6.77. The second-order valence-corrected chi connectivity index (χ2v) is 5.56. The molecule has 0 aliphatic carbocycles. The van der Waals surface area contributed by atoms with Crippen LogP contribution in [0.3, 0.4) is 0 Å². The van der Waals surface area contributed by atoms with Gasteiger partial charge in [-0.05, 0) is 56.1 Å². The Morgan fingerprint density at radius 1 is 1.24 bits per heavy atom. The number of ether oxygens (including phenoxy) is 2. The molecule has 0 bridgehead atoms. The molecule has 2 rings (SSSR count). The van der Waals surface area contributed by atoms with Crippen LogP contribution in [0.2, 0.25) is 0 Å². The maximum Gasteiger partial charge on any atom is 0.192 e. The summed E-state index contributed by atoms with van der Waals surface area (Å²) in [4.78, 5) is 4.04. The first-order valence-electron chi connectivity index (χ1n) is 5.70. The van der Waals surface area contributed by atoms with Crippen LogP contribution in [0.15, 0.2) is 44.6 Å². The lowest BCUT2D eigenvalue weighted by atomic mass is 10.3. The minimum Gasteiger partial charge on any atom is -0.496 e. The van der Waals surface area contributed by atoms with Gasteiger partial charge in [0.15, 0.2) is 17.3 Å². The highest BCUT2D eigenvalue weighted by molar-refractivity contribution is 9.11. The van der Waals surface area contributed by atoms with Gasteiger partial charge >= 0.3 is 0 Å². The van der Waals surface area contributed by atoms with Gasteiger partial charge in [0.05, 0.1) is 16.1 Å². The Hall–Kier alpha value is -1.80. The molecule has 0 aliphatic rings. The number of hydrogen-bond donors (Lipinski definition) is 2. The van der Waals surface area contributed by atoms with Crippen LogP contribution in [-0.2, 0) is 0 Å². The second-order valence-electron chi connectivity index (χ2n) is 3.85. The van der Waals surface area contributed by atoms with E-state index in [0.717, 1.165) is 4.47 Å². The number of oxime groups is 1. The molecule has 0 saturated carbocycles. The van der Waals surface area contributed by atoms with Gasteiger partial charge in [0.2, 0.25) is 0 Å². The van der Waals surface area contributed by atoms with Gasteiger partial charge in [-0.25, -0.2) is 4.98 Å². The van der Waals surface area contributed by atoms with Crippen molar-refractivity contribution in [2.24, 2.45) is 10.9 Å². The Morgan fingerprint density at radius 3 is 2.57 bits per heavy atom. The molecule has 1 aromatic carbocycles. The van der Waals surface area contributed by atoms with Crippen molar-refractivity contribution in [3.05, 3.63) is 45.1 Å². The van der Waals surface area contributed by atoms with E-state index < -0.39 is 0 Å². The van der Waals surface area contributed by atoms with Crippen molar-refractivity contribution < 1.29 is 14.7 Å². The molecule has 0 saturated heterocycles. The third-order valence-corrected chi connectivity index (χ3v) is 3.79. The maximum absolute atomic E-state index is 8.78. The fraction of sp³-hybridized carbons (Fsp3) is 0.0769. The minimum atomic E-state index is -0.130. The number of nitrogens with two attached hydrogens (primary N) is 1. The highest BCUT2D eigenvalue weighted by atomic mass is 79.9. The van der Waals surface area contributed by atoms with Crippen LogP contribution in [0, 0.1) is 0 Å². The van der Waals surface area contributed by atoms with Crippen LogP contribution in [0.4, 0.5) is 0 Å². The molecule has 3 N–H and O–H groups in total. The van der Waals surface area contributed by atoms with Crippen molar-refractivity contribution >= 4 is 37.7 Å². The van der Waals surface area contributed by atoms with Crippen LogP contribution >= 0.6 is 31.9 Å². The highest BCUT2D eigenvalue weighted by Gasteiger charge is 2.14. The average Bonchev–Trinajstić information content (AvgIpc) is 2.50. The Balaban J connectivity index is 2.42. The van der Waals surface area contributed by atoms with Crippen LogP contribution < -0.4 is 15.2 Å². The Morgan fingerprint density at radius 2 is 1.90 bits per heavy atom. The van der Waals surface area contributed by atoms with Crippen molar-refractivity contribution in [2.75, 3.05) is 7.11 Å². The Kier molecular flexibility index (Phi) is 5.03. The summed E-state index contributed by atoms with van der Waals surface area (Å²) in [5.41, 5.74) is 5.83. The van der Waals surface area contributed by atoms with Gasteiger partial charge in [-0.3, -0.25) is 0 Å². The summed E-state index contributed by atoms with van der Waals surface area (Å²) in [6.07, 6.45) is 1.53. The Bertz CT molecular complexity index is 692. The number of halogens is 2. The molecule has 0 radical (unpaired) electrons. The van der Waals surface area contributed by atoms with E-state index in [1.165, 1.54) is 6.20 Å². The van der Waals surface area contributed by atoms with E-state index in [-0.39, 0.29) is 11.5 Å². The van der Waals surface area contributed by atoms with E-state index in [4.69, 9.17) is 20.4 Å². The molecule has 21 heavy (non-hydrogen) atoms. The maximum atomic E-state index is 8.78. The third-order valence-electron chi connectivity index (χ3n) is 2.55. The van der Waals surface area contributed by atoms with E-state index in [1.54, 1.807) is 31.4 Å². The zero-order chi connectivity index (χ0) is 15.4. The molecule has 0 aliphatic heterocycles. The number of aromatic nitrogens is 1. The lowest BCUT2D eigenvalue weighted by molar-refractivity contribution is 0.318. The molecule has 8 heteroatoms. The predicted molar refractivity (Wildman–Crippen MR) is 85.2 cm³/mol. The molecule has 1 heterocycles. The first-order valence-corrected chi connectivity index (χ1v) is 7.29. The average molecular weight is 417 g/mol. The summed E-state index contributed by atoms with van der Waals surface area (Å²) < 4.78 is 12.4. The number of amidine groups is 1. The summed E-state index contributed by atoms with van der Waals surface area (Å²) in [6, 6.07) is 6.87. The Labute approximate surface area is 137 Å². The first kappa shape index (κ1) is 15.6. The number of nitrogens with zero attached hydrogens (tertiary/aromatic N) is 2. The molecule has 110 valence electrons. The molecule has 0 fully saturated rings. The smallest absolute Gasteiger partial charge is 0.192 e. The summed E-state index contributed by atoms with van der Waals surface area (Å²) in [5, 5.41) is 11.7. The standard InChI is InChI=1S/C13H11Br2N3O3/c1-20-10-5-8(15)11(6-7(10)14)21-9-3-2-4-17-12(9)13(16)18-19/h2-6,19H,1H3,(H2,16,18). The van der Waals surface area contributed by atoms with E-state index in [2.05, 4.69) is 42.0 Å². The summed E-state index contributed by atoms with van der Waals surface area (Å²) in [7, 11) is 1.57. The monoisotopic (exact) mass is 415 g/mol. The molecule has 0 atom stereocenters. The molecule has 0 unspecified atom stereocenters. The van der Waals surface area contributed by atoms with Crippen molar-refractivity contribution in [2.45, 2.75) is 0 Å². The van der Waals surface area contributed by atoms with E-state index in [0.29, 0.717) is 21.7 Å². The number of benzene rings is 1. The molecular formula is C13H11Br2N3O3. The van der Waals surface area contributed by atoms with Crippen molar-refractivity contribution in [3.63, 3.8) is 0 Å². The molecular weight excluding hydrogens is 406 g/mol. The van der Waals surface area contributed by atoms with Gasteiger partial charge in [0.25, 0.3) is 0 Å². The van der Waals surface area contributed by atoms with Crippen molar-refractivity contribution in [1.82, 2.24) is 4.98 Å². The van der Waals surface area contributed by atoms with Crippen LogP contribution in [0.5, 0.6) is 17.2 Å². The van der Waals surface area contributed by atoms with Crippen LogP contribution in [0.25, 0.3) is 0 Å². The topological polar surface area (TPSA) is 90.0 Å². The molecule has 6 nitrogen and oxygen atoms in total. The summed E-state index contributed by atoms with van der Waals surface area (Å²) >= 11 is 6.79. The fourth-order valence-corrected chi connectivity index (χ4v) is 2.46. The number of rotatable bonds is 4. The SMILES string of the molecule is COc1cc(Br)c(Oc2cccnc2/C(N)=N/O)cc1Br. The van der Waals surface area contributed by atoms with Crippen LogP contribution in [0.1, 0.15) is 5.69 Å². The van der Waals surface area contributed by atoms with Gasteiger partial charge in [0, 0.05) is 6.20 Å². The first-order chi connectivity index (χ1) is 10.1. The van der Waals surface area contributed by atoms with Gasteiger partial charge in [0.1, 0.15) is 11.5 Å². The normalized spacial score (nSPS) is 11.3. The van der Waals surface area contributed by atoms with E-state index >= 15 is 0 Å². The predicted octanol–water partition coefficient (Wildman–Crippen LogP) is 3.50. The van der Waals surface area contributed by atoms with Crippen molar-refractivity contribution in [1.29, 1.82) is 0 Å². The minimum absolute atomic E-state index is 0.130. The largest absolute Gasteiger partial charge is 0.496 e. The third kappa shape index (κ3) is 3.45. The summed E-state index contributed by atoms with van der Waals surface area (Å²) in [6.45, 7) is 0. The fourth-order valence-electron chi connectivity index (χ4n) is 1.58. The quantitative estimate of drug-likeness (QED) is 0.344. The molecule has 1 aromatic heterocycles. The van der Waals surface area contributed by atoms with Gasteiger partial charge in [-0.15, -0.1) is 0 Å². The van der Waals surface area contributed by atoms with E-state index in [9.17, 15) is 0 Å². The van der Waals surface area contributed by atoms with Crippen LogP contribution in [-0.4, -0.2) is 23.1 Å². The number of pyridine rings is 1. The van der Waals surface area contributed by atoms with E-state index in [1.807, 2.05) is 0 Å². The van der Waals surface area contributed by atoms with Gasteiger partial charge < -0.3 is 20.4 Å². The lowest BCUT2D eigenvalue weighted by Gasteiger charge is -2.12.